The molecule has 0 aromatic heterocycles. The molecule has 0 heterocycles. The fourth-order valence-electron chi connectivity index (χ4n) is 4.75. The minimum absolute atomic E-state index is 0.00684. The lowest BCUT2D eigenvalue weighted by molar-refractivity contribution is -0.132. The van der Waals surface area contributed by atoms with Crippen molar-refractivity contribution < 1.29 is 9.59 Å². The number of aryl methyl sites for hydroxylation is 1. The Morgan fingerprint density at radius 2 is 1.87 bits per heavy atom. The minimum atomic E-state index is -0.185. The molecule has 3 atom stereocenters. The smallest absolute Gasteiger partial charge is 0.224 e. The van der Waals surface area contributed by atoms with Crippen LogP contribution in [-0.4, -0.2) is 11.7 Å². The van der Waals surface area contributed by atoms with E-state index < -0.39 is 0 Å². The molecular formula is C20H27NO2. The number of carbonyl (C=O) groups is 2. The Bertz CT molecular complexity index is 632. The van der Waals surface area contributed by atoms with Crippen LogP contribution < -0.4 is 5.32 Å². The molecule has 124 valence electrons. The summed E-state index contributed by atoms with van der Waals surface area (Å²) in [5, 5.41) is 2.93. The van der Waals surface area contributed by atoms with E-state index in [2.05, 4.69) is 26.1 Å². The maximum atomic E-state index is 12.8. The van der Waals surface area contributed by atoms with E-state index in [0.717, 1.165) is 18.5 Å². The molecule has 1 N–H and O–H groups in total. The summed E-state index contributed by atoms with van der Waals surface area (Å²) in [7, 11) is 0. The fourth-order valence-corrected chi connectivity index (χ4v) is 4.75. The van der Waals surface area contributed by atoms with Crippen molar-refractivity contribution in [3.63, 3.8) is 0 Å². The number of benzene rings is 1. The lowest BCUT2D eigenvalue weighted by Gasteiger charge is -2.32. The number of amides is 1. The van der Waals surface area contributed by atoms with E-state index in [1.54, 1.807) is 0 Å². The number of anilines is 1. The molecule has 0 radical (unpaired) electrons. The van der Waals surface area contributed by atoms with Crippen LogP contribution in [0.4, 0.5) is 5.69 Å². The third-order valence-corrected chi connectivity index (χ3v) is 6.69. The molecule has 3 rings (SSSR count). The number of rotatable bonds is 4. The number of ketones is 1. The number of hydrogen-bond acceptors (Lipinski definition) is 2. The Kier molecular flexibility index (Phi) is 3.86. The molecule has 2 aliphatic carbocycles. The van der Waals surface area contributed by atoms with E-state index >= 15 is 0 Å². The summed E-state index contributed by atoms with van der Waals surface area (Å²) in [6.07, 6.45) is 3.24. The van der Waals surface area contributed by atoms with Gasteiger partial charge in [0.25, 0.3) is 0 Å². The van der Waals surface area contributed by atoms with Crippen molar-refractivity contribution in [3.8, 4) is 0 Å². The highest BCUT2D eigenvalue weighted by molar-refractivity contribution is 5.93. The van der Waals surface area contributed by atoms with E-state index in [-0.39, 0.29) is 22.7 Å². The largest absolute Gasteiger partial charge is 0.326 e. The molecule has 2 saturated carbocycles. The summed E-state index contributed by atoms with van der Waals surface area (Å²) >= 11 is 0. The average molecular weight is 313 g/mol. The van der Waals surface area contributed by atoms with Gasteiger partial charge in [-0.1, -0.05) is 38.5 Å². The van der Waals surface area contributed by atoms with Crippen LogP contribution in [0, 0.1) is 29.6 Å². The first-order chi connectivity index (χ1) is 10.8. The number of fused-ring (bicyclic) bond motifs is 2. The van der Waals surface area contributed by atoms with Crippen LogP contribution in [0.5, 0.6) is 0 Å². The van der Waals surface area contributed by atoms with Crippen LogP contribution in [0.1, 0.15) is 52.0 Å². The van der Waals surface area contributed by atoms with E-state index in [0.29, 0.717) is 24.5 Å². The zero-order chi connectivity index (χ0) is 16.8. The molecule has 0 unspecified atom stereocenters. The van der Waals surface area contributed by atoms with Gasteiger partial charge in [-0.25, -0.2) is 0 Å². The van der Waals surface area contributed by atoms with Gasteiger partial charge in [-0.15, -0.1) is 0 Å². The molecule has 2 fully saturated rings. The van der Waals surface area contributed by atoms with Gasteiger partial charge in [-0.2, -0.15) is 0 Å². The summed E-state index contributed by atoms with van der Waals surface area (Å²) in [4.78, 5) is 25.0. The Morgan fingerprint density at radius 1 is 1.22 bits per heavy atom. The number of Topliss-reactive ketones (excluding diaryl/α,β-unsaturated/α-hetero) is 1. The molecular weight excluding hydrogens is 286 g/mol. The van der Waals surface area contributed by atoms with Crippen LogP contribution in [-0.2, 0) is 9.59 Å². The Labute approximate surface area is 138 Å². The summed E-state index contributed by atoms with van der Waals surface area (Å²) in [6.45, 7) is 8.61. The zero-order valence-corrected chi connectivity index (χ0v) is 14.6. The first-order valence-electron chi connectivity index (χ1n) is 8.66. The number of hydrogen-bond donors (Lipinski definition) is 1. The Hall–Kier alpha value is -1.64. The number of nitrogens with one attached hydrogen (secondary N) is 1. The van der Waals surface area contributed by atoms with Crippen LogP contribution in [0.25, 0.3) is 0 Å². The van der Waals surface area contributed by atoms with Crippen molar-refractivity contribution in [2.45, 2.75) is 53.4 Å². The van der Waals surface area contributed by atoms with Gasteiger partial charge in [0.05, 0.1) is 0 Å². The monoisotopic (exact) mass is 313 g/mol. The van der Waals surface area contributed by atoms with Crippen LogP contribution >= 0.6 is 0 Å². The molecule has 1 aromatic carbocycles. The van der Waals surface area contributed by atoms with Gasteiger partial charge in [0.15, 0.2) is 0 Å². The van der Waals surface area contributed by atoms with Gasteiger partial charge in [0.1, 0.15) is 5.78 Å². The van der Waals surface area contributed by atoms with E-state index in [1.165, 1.54) is 5.56 Å². The van der Waals surface area contributed by atoms with Gasteiger partial charge >= 0.3 is 0 Å². The van der Waals surface area contributed by atoms with Crippen molar-refractivity contribution in [1.82, 2.24) is 0 Å². The highest BCUT2D eigenvalue weighted by atomic mass is 16.1. The number of carbonyl (C=O) groups excluding carboxylic acids is 2. The highest BCUT2D eigenvalue weighted by Crippen LogP contribution is 2.66. The molecule has 0 saturated heterocycles. The van der Waals surface area contributed by atoms with Crippen molar-refractivity contribution in [1.29, 1.82) is 0 Å². The molecule has 3 nitrogen and oxygen atoms in total. The molecule has 2 aliphatic rings. The Balaban J connectivity index is 1.60. The second kappa shape index (κ2) is 5.47. The van der Waals surface area contributed by atoms with Gasteiger partial charge in [-0.05, 0) is 49.7 Å². The van der Waals surface area contributed by atoms with Crippen molar-refractivity contribution in [2.75, 3.05) is 5.32 Å². The van der Waals surface area contributed by atoms with Crippen LogP contribution in [0.3, 0.4) is 0 Å². The maximum absolute atomic E-state index is 12.8. The molecule has 1 amide bonds. The molecule has 3 heteroatoms. The lowest BCUT2D eigenvalue weighted by Crippen LogP contribution is -2.33. The summed E-state index contributed by atoms with van der Waals surface area (Å²) in [6, 6.07) is 7.80. The van der Waals surface area contributed by atoms with Gasteiger partial charge in [0, 0.05) is 23.4 Å². The van der Waals surface area contributed by atoms with E-state index in [4.69, 9.17) is 0 Å². The van der Waals surface area contributed by atoms with Crippen LogP contribution in [0.2, 0.25) is 0 Å². The molecule has 0 spiro atoms. The highest BCUT2D eigenvalue weighted by Gasteiger charge is 2.65. The molecule has 0 aliphatic heterocycles. The standard InChI is InChI=1S/C20H27NO2/c1-13-5-7-14(8-6-13)21-17(22)10-9-15-16-11-12-20(4,18(15)23)19(16,2)3/h5-8,15-16H,9-12H2,1-4H3,(H,21,22)/t15-,16+,20-/m0/s1. The van der Waals surface area contributed by atoms with Gasteiger partial charge in [0.2, 0.25) is 5.91 Å². The molecule has 1 aromatic rings. The third kappa shape index (κ3) is 2.50. The van der Waals surface area contributed by atoms with Crippen molar-refractivity contribution in [3.05, 3.63) is 29.8 Å². The lowest BCUT2D eigenvalue weighted by atomic mass is 9.70. The zero-order valence-electron chi connectivity index (χ0n) is 14.6. The third-order valence-electron chi connectivity index (χ3n) is 6.69. The van der Waals surface area contributed by atoms with Crippen molar-refractivity contribution in [2.24, 2.45) is 22.7 Å². The average Bonchev–Trinajstić information content (AvgIpc) is 2.80. The summed E-state index contributed by atoms with van der Waals surface area (Å²) in [5.41, 5.74) is 1.89. The van der Waals surface area contributed by atoms with E-state index in [1.807, 2.05) is 31.2 Å². The van der Waals surface area contributed by atoms with Gasteiger partial charge in [-0.3, -0.25) is 9.59 Å². The fraction of sp³-hybridized carbons (Fsp3) is 0.600. The summed E-state index contributed by atoms with van der Waals surface area (Å²) in [5.74, 6) is 0.897. The summed E-state index contributed by atoms with van der Waals surface area (Å²) < 4.78 is 0. The predicted octanol–water partition coefficient (Wildman–Crippen LogP) is 4.36. The minimum Gasteiger partial charge on any atom is -0.326 e. The first-order valence-corrected chi connectivity index (χ1v) is 8.66. The van der Waals surface area contributed by atoms with Crippen LogP contribution in [0.15, 0.2) is 24.3 Å². The normalized spacial score (nSPS) is 31.4. The first kappa shape index (κ1) is 16.2. The molecule has 23 heavy (non-hydrogen) atoms. The van der Waals surface area contributed by atoms with Gasteiger partial charge < -0.3 is 5.32 Å². The maximum Gasteiger partial charge on any atom is 0.224 e. The topological polar surface area (TPSA) is 46.2 Å². The quantitative estimate of drug-likeness (QED) is 0.898. The predicted molar refractivity (Wildman–Crippen MR) is 92.2 cm³/mol. The van der Waals surface area contributed by atoms with E-state index in [9.17, 15) is 9.59 Å². The Morgan fingerprint density at radius 3 is 2.43 bits per heavy atom. The SMILES string of the molecule is Cc1ccc(NC(=O)CC[C@@H]2C(=O)[C@]3(C)CC[C@H]2C3(C)C)cc1. The van der Waals surface area contributed by atoms with Crippen molar-refractivity contribution >= 4 is 17.4 Å². The second-order valence-electron chi connectivity index (χ2n) is 8.12. The molecule has 2 bridgehead atoms. The second-order valence-corrected chi connectivity index (χ2v) is 8.12.